The Morgan fingerprint density at radius 2 is 1.96 bits per heavy atom. The highest BCUT2D eigenvalue weighted by molar-refractivity contribution is 8.02. The van der Waals surface area contributed by atoms with Gasteiger partial charge in [-0.2, -0.15) is 0 Å². The van der Waals surface area contributed by atoms with Gasteiger partial charge in [0.1, 0.15) is 0 Å². The third-order valence-electron chi connectivity index (χ3n) is 3.65. The summed E-state index contributed by atoms with van der Waals surface area (Å²) in [4.78, 5) is 35.5. The monoisotopic (exact) mass is 400 g/mol. The van der Waals surface area contributed by atoms with Crippen molar-refractivity contribution in [3.8, 4) is 0 Å². The number of rotatable bonds is 7. The predicted octanol–water partition coefficient (Wildman–Crippen LogP) is -0.0152. The van der Waals surface area contributed by atoms with Crippen LogP contribution in [0.25, 0.3) is 0 Å². The highest BCUT2D eigenvalue weighted by Gasteiger charge is 2.29. The molecule has 142 valence electrons. The molecular formula is C16H20N2O6S2. The highest BCUT2D eigenvalue weighted by Crippen LogP contribution is 2.33. The highest BCUT2D eigenvalue weighted by atomic mass is 32.2. The first-order valence-corrected chi connectivity index (χ1v) is 10.6. The molecular weight excluding hydrogens is 380 g/mol. The zero-order valence-electron chi connectivity index (χ0n) is 14.2. The number of ether oxygens (including phenoxy) is 1. The van der Waals surface area contributed by atoms with E-state index in [1.54, 1.807) is 24.3 Å². The van der Waals surface area contributed by atoms with E-state index in [0.29, 0.717) is 11.3 Å². The molecule has 1 saturated heterocycles. The summed E-state index contributed by atoms with van der Waals surface area (Å²) in [6, 6.07) is 6.70. The van der Waals surface area contributed by atoms with Crippen molar-refractivity contribution < 1.29 is 27.5 Å². The van der Waals surface area contributed by atoms with E-state index in [1.165, 1.54) is 18.8 Å². The standard InChI is InChI=1S/C16H20N2O6S2/c1-17-14(19)8-18-15(20)9-24-16(21)12-4-2-3-5-13(12)25-11-6-7-26(22,23)10-11/h2-5,11H,6-10H2,1H3,(H,17,19)(H,18,20)/t11-/m1/s1. The first-order chi connectivity index (χ1) is 12.3. The Morgan fingerprint density at radius 1 is 1.23 bits per heavy atom. The van der Waals surface area contributed by atoms with Crippen LogP contribution in [0.5, 0.6) is 0 Å². The van der Waals surface area contributed by atoms with Crippen molar-refractivity contribution in [2.75, 3.05) is 31.7 Å². The van der Waals surface area contributed by atoms with Crippen LogP contribution in [-0.4, -0.2) is 63.2 Å². The van der Waals surface area contributed by atoms with E-state index in [4.69, 9.17) is 4.74 Å². The number of amides is 2. The van der Waals surface area contributed by atoms with Gasteiger partial charge in [0, 0.05) is 17.2 Å². The van der Waals surface area contributed by atoms with Gasteiger partial charge in [-0.25, -0.2) is 13.2 Å². The quantitative estimate of drug-likeness (QED) is 0.618. The Labute approximate surface area is 156 Å². The molecule has 10 heteroatoms. The van der Waals surface area contributed by atoms with Crippen LogP contribution in [0, 0.1) is 0 Å². The number of sulfone groups is 1. The second kappa shape index (κ2) is 9.04. The lowest BCUT2D eigenvalue weighted by atomic mass is 10.2. The third kappa shape index (κ3) is 6.03. The van der Waals surface area contributed by atoms with Gasteiger partial charge in [0.15, 0.2) is 16.4 Å². The van der Waals surface area contributed by atoms with Crippen LogP contribution < -0.4 is 10.6 Å². The summed E-state index contributed by atoms with van der Waals surface area (Å²) < 4.78 is 28.1. The molecule has 1 fully saturated rings. The molecule has 26 heavy (non-hydrogen) atoms. The Hall–Kier alpha value is -2.07. The van der Waals surface area contributed by atoms with Gasteiger partial charge >= 0.3 is 5.97 Å². The van der Waals surface area contributed by atoms with Crippen molar-refractivity contribution in [2.45, 2.75) is 16.6 Å². The lowest BCUT2D eigenvalue weighted by Crippen LogP contribution is -2.37. The minimum Gasteiger partial charge on any atom is -0.452 e. The van der Waals surface area contributed by atoms with E-state index in [1.807, 2.05) is 0 Å². The maximum atomic E-state index is 12.3. The Morgan fingerprint density at radius 3 is 2.62 bits per heavy atom. The van der Waals surface area contributed by atoms with Crippen LogP contribution in [0.15, 0.2) is 29.2 Å². The maximum Gasteiger partial charge on any atom is 0.339 e. The second-order valence-electron chi connectivity index (χ2n) is 5.67. The molecule has 1 aliphatic rings. The van der Waals surface area contributed by atoms with E-state index in [9.17, 15) is 22.8 Å². The van der Waals surface area contributed by atoms with Gasteiger partial charge in [0.05, 0.1) is 23.6 Å². The number of esters is 1. The SMILES string of the molecule is CNC(=O)CNC(=O)COC(=O)c1ccccc1S[C@@H]1CCS(=O)(=O)C1. The zero-order chi connectivity index (χ0) is 19.2. The summed E-state index contributed by atoms with van der Waals surface area (Å²) in [5.74, 6) is -1.39. The Bertz CT molecular complexity index is 794. The largest absolute Gasteiger partial charge is 0.452 e. The van der Waals surface area contributed by atoms with Crippen molar-refractivity contribution in [1.82, 2.24) is 10.6 Å². The number of benzene rings is 1. The predicted molar refractivity (Wildman–Crippen MR) is 96.7 cm³/mol. The van der Waals surface area contributed by atoms with Crippen molar-refractivity contribution in [3.63, 3.8) is 0 Å². The summed E-state index contributed by atoms with van der Waals surface area (Å²) >= 11 is 1.33. The molecule has 1 aliphatic heterocycles. The van der Waals surface area contributed by atoms with Crippen LogP contribution >= 0.6 is 11.8 Å². The number of hydrogen-bond acceptors (Lipinski definition) is 7. The van der Waals surface area contributed by atoms with Gasteiger partial charge < -0.3 is 15.4 Å². The van der Waals surface area contributed by atoms with Gasteiger partial charge in [0.2, 0.25) is 5.91 Å². The Balaban J connectivity index is 1.92. The lowest BCUT2D eigenvalue weighted by Gasteiger charge is -2.12. The summed E-state index contributed by atoms with van der Waals surface area (Å²) in [5, 5.41) is 4.57. The van der Waals surface area contributed by atoms with E-state index in [0.717, 1.165) is 0 Å². The van der Waals surface area contributed by atoms with Crippen LogP contribution in [0.1, 0.15) is 16.8 Å². The minimum atomic E-state index is -3.01. The maximum absolute atomic E-state index is 12.3. The first-order valence-electron chi connectivity index (χ1n) is 7.91. The molecule has 1 heterocycles. The number of nitrogens with one attached hydrogen (secondary N) is 2. The van der Waals surface area contributed by atoms with Crippen molar-refractivity contribution in [1.29, 1.82) is 0 Å². The average Bonchev–Trinajstić information content (AvgIpc) is 2.96. The van der Waals surface area contributed by atoms with Crippen LogP contribution in [0.2, 0.25) is 0 Å². The molecule has 2 N–H and O–H groups in total. The van der Waals surface area contributed by atoms with Gasteiger partial charge in [0.25, 0.3) is 5.91 Å². The molecule has 0 saturated carbocycles. The van der Waals surface area contributed by atoms with E-state index < -0.39 is 28.3 Å². The molecule has 0 aromatic heterocycles. The molecule has 0 radical (unpaired) electrons. The molecule has 0 aliphatic carbocycles. The van der Waals surface area contributed by atoms with Crippen LogP contribution in [-0.2, 0) is 24.2 Å². The topological polar surface area (TPSA) is 119 Å². The molecule has 2 rings (SSSR count). The van der Waals surface area contributed by atoms with Gasteiger partial charge in [-0.05, 0) is 18.6 Å². The second-order valence-corrected chi connectivity index (χ2v) is 9.24. The fourth-order valence-corrected chi connectivity index (χ4v) is 5.92. The fraction of sp³-hybridized carbons (Fsp3) is 0.438. The molecule has 0 bridgehead atoms. The summed E-state index contributed by atoms with van der Waals surface area (Å²) in [5.41, 5.74) is 0.279. The number of thioether (sulfide) groups is 1. The number of carbonyl (C=O) groups is 3. The zero-order valence-corrected chi connectivity index (χ0v) is 15.8. The summed E-state index contributed by atoms with van der Waals surface area (Å²) in [7, 11) is -1.57. The van der Waals surface area contributed by atoms with Crippen LogP contribution in [0.3, 0.4) is 0 Å². The molecule has 2 amide bonds. The van der Waals surface area contributed by atoms with E-state index in [-0.39, 0.29) is 34.8 Å². The molecule has 0 unspecified atom stereocenters. The van der Waals surface area contributed by atoms with Crippen molar-refractivity contribution in [2.24, 2.45) is 0 Å². The molecule has 1 aromatic rings. The number of carbonyl (C=O) groups excluding carboxylic acids is 3. The molecule has 1 aromatic carbocycles. The first kappa shape index (κ1) is 20.2. The van der Waals surface area contributed by atoms with Crippen molar-refractivity contribution in [3.05, 3.63) is 29.8 Å². The van der Waals surface area contributed by atoms with Gasteiger partial charge in [-0.3, -0.25) is 9.59 Å². The minimum absolute atomic E-state index is 0.0863. The molecule has 1 atom stereocenters. The average molecular weight is 400 g/mol. The molecule has 0 spiro atoms. The summed E-state index contributed by atoms with van der Waals surface area (Å²) in [6.07, 6.45) is 0.540. The lowest BCUT2D eigenvalue weighted by molar-refractivity contribution is -0.127. The van der Waals surface area contributed by atoms with Gasteiger partial charge in [-0.15, -0.1) is 11.8 Å². The smallest absolute Gasteiger partial charge is 0.339 e. The Kier molecular flexibility index (Phi) is 7.04. The fourth-order valence-electron chi connectivity index (χ4n) is 2.30. The normalized spacial score (nSPS) is 18.1. The van der Waals surface area contributed by atoms with Gasteiger partial charge in [-0.1, -0.05) is 12.1 Å². The third-order valence-corrected chi connectivity index (χ3v) is 6.98. The summed E-state index contributed by atoms with van der Waals surface area (Å²) in [6.45, 7) is -0.706. The van der Waals surface area contributed by atoms with E-state index in [2.05, 4.69) is 10.6 Å². The number of likely N-dealkylation sites (N-methyl/N-ethyl adjacent to an activating group) is 1. The van der Waals surface area contributed by atoms with Crippen LogP contribution in [0.4, 0.5) is 0 Å². The van der Waals surface area contributed by atoms with E-state index >= 15 is 0 Å². The molecule has 8 nitrogen and oxygen atoms in total. The number of hydrogen-bond donors (Lipinski definition) is 2. The van der Waals surface area contributed by atoms with Crippen molar-refractivity contribution >= 4 is 39.4 Å².